The van der Waals surface area contributed by atoms with E-state index in [-0.39, 0.29) is 5.91 Å². The van der Waals surface area contributed by atoms with Crippen LogP contribution in [-0.4, -0.2) is 40.7 Å². The van der Waals surface area contributed by atoms with Gasteiger partial charge < -0.3 is 10.2 Å². The Kier molecular flexibility index (Phi) is 5.00. The number of hydrogen-bond donors (Lipinski definition) is 1. The molecular formula is C13H17N5OS. The smallest absolute Gasteiger partial charge is 0.239 e. The molecule has 0 fully saturated rings. The van der Waals surface area contributed by atoms with Crippen LogP contribution in [0.1, 0.15) is 13.8 Å². The highest BCUT2D eigenvalue weighted by Gasteiger charge is 2.15. The van der Waals surface area contributed by atoms with Gasteiger partial charge in [-0.3, -0.25) is 9.78 Å². The largest absolute Gasteiger partial charge is 0.355 e. The molecule has 7 heteroatoms. The minimum atomic E-state index is -0.0102. The van der Waals surface area contributed by atoms with E-state index in [4.69, 9.17) is 0 Å². The van der Waals surface area contributed by atoms with E-state index in [0.717, 1.165) is 15.8 Å². The SMILES string of the molecule is CCNC(=O)CN(CC)c1nnc(-c2ccccn2)s1. The number of hydrogen-bond acceptors (Lipinski definition) is 6. The zero-order valence-electron chi connectivity index (χ0n) is 11.5. The minimum absolute atomic E-state index is 0.0102. The molecule has 0 saturated heterocycles. The summed E-state index contributed by atoms with van der Waals surface area (Å²) in [5.74, 6) is -0.0102. The van der Waals surface area contributed by atoms with Crippen molar-refractivity contribution in [3.63, 3.8) is 0 Å². The molecule has 0 aromatic carbocycles. The number of nitrogens with one attached hydrogen (secondary N) is 1. The Bertz CT molecular complexity index is 557. The van der Waals surface area contributed by atoms with Gasteiger partial charge >= 0.3 is 0 Å². The minimum Gasteiger partial charge on any atom is -0.355 e. The summed E-state index contributed by atoms with van der Waals surface area (Å²) in [6.45, 7) is 5.51. The van der Waals surface area contributed by atoms with Crippen LogP contribution in [0.4, 0.5) is 5.13 Å². The average molecular weight is 291 g/mol. The summed E-state index contributed by atoms with van der Waals surface area (Å²) in [5.41, 5.74) is 0.797. The standard InChI is InChI=1S/C13H17N5OS/c1-3-14-11(19)9-18(4-2)13-17-16-12(20-13)10-7-5-6-8-15-10/h5-8H,3-4,9H2,1-2H3,(H,14,19). The number of aromatic nitrogens is 3. The van der Waals surface area contributed by atoms with Crippen LogP contribution in [0.5, 0.6) is 0 Å². The van der Waals surface area contributed by atoms with Crippen LogP contribution in [0.2, 0.25) is 0 Å². The molecule has 1 N–H and O–H groups in total. The van der Waals surface area contributed by atoms with E-state index in [9.17, 15) is 4.79 Å². The zero-order chi connectivity index (χ0) is 14.4. The highest BCUT2D eigenvalue weighted by atomic mass is 32.1. The van der Waals surface area contributed by atoms with E-state index < -0.39 is 0 Å². The normalized spacial score (nSPS) is 10.3. The molecule has 0 atom stereocenters. The van der Waals surface area contributed by atoms with E-state index in [1.54, 1.807) is 6.20 Å². The maximum Gasteiger partial charge on any atom is 0.239 e. The summed E-state index contributed by atoms with van der Waals surface area (Å²) >= 11 is 1.44. The first kappa shape index (κ1) is 14.4. The first-order valence-electron chi connectivity index (χ1n) is 6.51. The van der Waals surface area contributed by atoms with Gasteiger partial charge in [0.1, 0.15) is 5.69 Å². The molecule has 0 aliphatic rings. The lowest BCUT2D eigenvalue weighted by Crippen LogP contribution is -2.37. The van der Waals surface area contributed by atoms with Crippen LogP contribution in [0, 0.1) is 0 Å². The third kappa shape index (κ3) is 3.51. The zero-order valence-corrected chi connectivity index (χ0v) is 12.4. The Hall–Kier alpha value is -2.02. The highest BCUT2D eigenvalue weighted by Crippen LogP contribution is 2.26. The Morgan fingerprint density at radius 3 is 2.85 bits per heavy atom. The molecule has 106 valence electrons. The average Bonchev–Trinajstić information content (AvgIpc) is 2.95. The van der Waals surface area contributed by atoms with Gasteiger partial charge in [-0.2, -0.15) is 0 Å². The van der Waals surface area contributed by atoms with Crippen LogP contribution < -0.4 is 10.2 Å². The fourth-order valence-electron chi connectivity index (χ4n) is 1.68. The fraction of sp³-hybridized carbons (Fsp3) is 0.385. The molecule has 0 aliphatic heterocycles. The van der Waals surface area contributed by atoms with Crippen molar-refractivity contribution in [2.75, 3.05) is 24.5 Å². The van der Waals surface area contributed by atoms with Crippen molar-refractivity contribution in [2.45, 2.75) is 13.8 Å². The lowest BCUT2D eigenvalue weighted by molar-refractivity contribution is -0.119. The van der Waals surface area contributed by atoms with E-state index in [1.165, 1.54) is 11.3 Å². The third-order valence-electron chi connectivity index (χ3n) is 2.66. The first-order valence-corrected chi connectivity index (χ1v) is 7.32. The third-order valence-corrected chi connectivity index (χ3v) is 3.67. The summed E-state index contributed by atoms with van der Waals surface area (Å²) in [6, 6.07) is 5.67. The van der Waals surface area contributed by atoms with Crippen molar-refractivity contribution in [1.82, 2.24) is 20.5 Å². The van der Waals surface area contributed by atoms with Gasteiger partial charge in [-0.05, 0) is 26.0 Å². The van der Waals surface area contributed by atoms with E-state index >= 15 is 0 Å². The summed E-state index contributed by atoms with van der Waals surface area (Å²) in [5, 5.41) is 12.6. The molecule has 2 aromatic rings. The molecule has 0 unspecified atom stereocenters. The van der Waals surface area contributed by atoms with Crippen molar-refractivity contribution >= 4 is 22.4 Å². The fourth-order valence-corrected chi connectivity index (χ4v) is 2.56. The highest BCUT2D eigenvalue weighted by molar-refractivity contribution is 7.18. The van der Waals surface area contributed by atoms with Crippen molar-refractivity contribution in [3.8, 4) is 10.7 Å². The molecule has 0 saturated carbocycles. The van der Waals surface area contributed by atoms with Gasteiger partial charge in [0.2, 0.25) is 11.0 Å². The van der Waals surface area contributed by atoms with Gasteiger partial charge in [-0.25, -0.2) is 0 Å². The summed E-state index contributed by atoms with van der Waals surface area (Å²) < 4.78 is 0. The molecule has 6 nitrogen and oxygen atoms in total. The molecule has 2 aromatic heterocycles. The van der Waals surface area contributed by atoms with Crippen molar-refractivity contribution in [1.29, 1.82) is 0 Å². The molecule has 1 amide bonds. The van der Waals surface area contributed by atoms with Crippen molar-refractivity contribution in [2.24, 2.45) is 0 Å². The Labute approximate surface area is 121 Å². The Morgan fingerprint density at radius 1 is 1.35 bits per heavy atom. The van der Waals surface area contributed by atoms with Crippen LogP contribution >= 0.6 is 11.3 Å². The number of pyridine rings is 1. The van der Waals surface area contributed by atoms with Crippen LogP contribution in [0.25, 0.3) is 10.7 Å². The van der Waals surface area contributed by atoms with E-state index in [2.05, 4.69) is 20.5 Å². The molecular weight excluding hydrogens is 274 g/mol. The topological polar surface area (TPSA) is 71.0 Å². The second-order valence-corrected chi connectivity index (χ2v) is 5.03. The molecule has 0 aliphatic carbocycles. The first-order chi connectivity index (χ1) is 9.74. The number of amides is 1. The quantitative estimate of drug-likeness (QED) is 0.874. The predicted molar refractivity (Wildman–Crippen MR) is 79.7 cm³/mol. The number of carbonyl (C=O) groups is 1. The molecule has 2 heterocycles. The van der Waals surface area contributed by atoms with Gasteiger partial charge in [-0.15, -0.1) is 10.2 Å². The van der Waals surface area contributed by atoms with Crippen LogP contribution in [0.3, 0.4) is 0 Å². The maximum atomic E-state index is 11.7. The lowest BCUT2D eigenvalue weighted by Gasteiger charge is -2.17. The Morgan fingerprint density at radius 2 is 2.20 bits per heavy atom. The maximum absolute atomic E-state index is 11.7. The van der Waals surface area contributed by atoms with Crippen molar-refractivity contribution < 1.29 is 4.79 Å². The molecule has 0 bridgehead atoms. The van der Waals surface area contributed by atoms with Crippen molar-refractivity contribution in [3.05, 3.63) is 24.4 Å². The second kappa shape index (κ2) is 6.95. The van der Waals surface area contributed by atoms with Gasteiger partial charge in [0.15, 0.2) is 5.01 Å². The number of carbonyl (C=O) groups excluding carboxylic acids is 1. The van der Waals surface area contributed by atoms with E-state index in [0.29, 0.717) is 19.6 Å². The summed E-state index contributed by atoms with van der Waals surface area (Å²) in [4.78, 5) is 17.8. The van der Waals surface area contributed by atoms with E-state index in [1.807, 2.05) is 36.9 Å². The summed E-state index contributed by atoms with van der Waals surface area (Å²) in [6.07, 6.45) is 1.72. The molecule has 2 rings (SSSR count). The number of rotatable bonds is 6. The number of nitrogens with zero attached hydrogens (tertiary/aromatic N) is 4. The molecule has 20 heavy (non-hydrogen) atoms. The Balaban J connectivity index is 2.12. The van der Waals surface area contributed by atoms with Crippen LogP contribution in [-0.2, 0) is 4.79 Å². The monoisotopic (exact) mass is 291 g/mol. The summed E-state index contributed by atoms with van der Waals surface area (Å²) in [7, 11) is 0. The molecule has 0 spiro atoms. The number of likely N-dealkylation sites (N-methyl/N-ethyl adjacent to an activating group) is 2. The predicted octanol–water partition coefficient (Wildman–Crippen LogP) is 1.56. The van der Waals surface area contributed by atoms with Gasteiger partial charge in [0, 0.05) is 19.3 Å². The molecule has 0 radical (unpaired) electrons. The second-order valence-electron chi connectivity index (χ2n) is 4.07. The lowest BCUT2D eigenvalue weighted by atomic mass is 10.4. The number of anilines is 1. The van der Waals surface area contributed by atoms with Crippen LogP contribution in [0.15, 0.2) is 24.4 Å². The van der Waals surface area contributed by atoms with Gasteiger partial charge in [0.05, 0.1) is 6.54 Å². The van der Waals surface area contributed by atoms with Gasteiger partial charge in [-0.1, -0.05) is 17.4 Å². The van der Waals surface area contributed by atoms with Gasteiger partial charge in [0.25, 0.3) is 0 Å².